The lowest BCUT2D eigenvalue weighted by molar-refractivity contribution is -0.159. The molecule has 0 heterocycles. The molecule has 29 heavy (non-hydrogen) atoms. The molecule has 0 aromatic heterocycles. The van der Waals surface area contributed by atoms with Gasteiger partial charge in [-0.3, -0.25) is 19.2 Å². The molecule has 8 heteroatoms. The van der Waals surface area contributed by atoms with E-state index in [0.29, 0.717) is 5.56 Å². The number of rotatable bonds is 9. The molecule has 1 aromatic carbocycles. The van der Waals surface area contributed by atoms with Gasteiger partial charge in [0, 0.05) is 5.41 Å². The molecule has 0 amide bonds. The fraction of sp³-hybridized carbons (Fsp3) is 0.524. The molecule has 0 bridgehead atoms. The minimum Gasteiger partial charge on any atom is -0.481 e. The van der Waals surface area contributed by atoms with Gasteiger partial charge in [0.2, 0.25) is 0 Å². The predicted molar refractivity (Wildman–Crippen MR) is 102 cm³/mol. The SMILES string of the molecule is CC(C)(C)c1ccc(C2CC2(C(CC(=O)O)C(=O)O)C(CC(=O)O)C(=O)O)cc1. The van der Waals surface area contributed by atoms with Crippen LogP contribution in [0.3, 0.4) is 0 Å². The van der Waals surface area contributed by atoms with E-state index < -0.39 is 59.9 Å². The average Bonchev–Trinajstić information content (AvgIpc) is 3.32. The van der Waals surface area contributed by atoms with Crippen LogP contribution in [0.25, 0.3) is 0 Å². The smallest absolute Gasteiger partial charge is 0.307 e. The maximum absolute atomic E-state index is 11.9. The summed E-state index contributed by atoms with van der Waals surface area (Å²) in [5.74, 6) is -9.16. The van der Waals surface area contributed by atoms with Gasteiger partial charge in [-0.25, -0.2) is 0 Å². The van der Waals surface area contributed by atoms with E-state index in [9.17, 15) is 39.6 Å². The van der Waals surface area contributed by atoms with E-state index in [1.54, 1.807) is 12.1 Å². The number of carboxylic acid groups (broad SMARTS) is 4. The van der Waals surface area contributed by atoms with Crippen LogP contribution in [0.5, 0.6) is 0 Å². The average molecular weight is 406 g/mol. The first-order valence-electron chi connectivity index (χ1n) is 9.30. The molecule has 0 aliphatic heterocycles. The van der Waals surface area contributed by atoms with Crippen LogP contribution in [0.15, 0.2) is 24.3 Å². The van der Waals surface area contributed by atoms with E-state index in [0.717, 1.165) is 5.56 Å². The van der Waals surface area contributed by atoms with Crippen LogP contribution in [0.2, 0.25) is 0 Å². The van der Waals surface area contributed by atoms with Crippen molar-refractivity contribution < 1.29 is 39.6 Å². The molecule has 4 N–H and O–H groups in total. The molecular weight excluding hydrogens is 380 g/mol. The second-order valence-electron chi connectivity index (χ2n) is 8.72. The first-order valence-corrected chi connectivity index (χ1v) is 9.30. The highest BCUT2D eigenvalue weighted by molar-refractivity contribution is 5.84. The molecule has 1 aliphatic rings. The van der Waals surface area contributed by atoms with Crippen LogP contribution < -0.4 is 0 Å². The minimum absolute atomic E-state index is 0.107. The number of carboxylic acids is 4. The van der Waals surface area contributed by atoms with E-state index in [1.165, 1.54) is 0 Å². The Bertz CT molecular complexity index is 784. The molecule has 1 saturated carbocycles. The highest BCUT2D eigenvalue weighted by Crippen LogP contribution is 2.69. The fourth-order valence-corrected chi connectivity index (χ4v) is 4.31. The Morgan fingerprint density at radius 3 is 1.62 bits per heavy atom. The zero-order chi connectivity index (χ0) is 22.1. The zero-order valence-electron chi connectivity index (χ0n) is 16.6. The summed E-state index contributed by atoms with van der Waals surface area (Å²) in [5, 5.41) is 37.7. The molecule has 0 radical (unpaired) electrons. The maximum atomic E-state index is 11.9. The Kier molecular flexibility index (Phi) is 6.06. The standard InChI is InChI=1S/C21H26O8/c1-20(2,3)12-6-4-11(5-7-12)15-10-21(15,13(18(26)27)8-16(22)23)14(19(28)29)9-17(24)25/h4-7,13-15H,8-10H2,1-3H3,(H,22,23)(H,24,25)(H,26,27)(H,28,29). The molecule has 1 aliphatic carbocycles. The highest BCUT2D eigenvalue weighted by atomic mass is 16.4. The van der Waals surface area contributed by atoms with E-state index in [4.69, 9.17) is 0 Å². The van der Waals surface area contributed by atoms with Gasteiger partial charge >= 0.3 is 23.9 Å². The number of benzene rings is 1. The van der Waals surface area contributed by atoms with Gasteiger partial charge in [0.15, 0.2) is 0 Å². The Balaban J connectivity index is 2.52. The number of hydrogen-bond acceptors (Lipinski definition) is 4. The molecular formula is C21H26O8. The molecule has 1 aromatic rings. The van der Waals surface area contributed by atoms with Crippen molar-refractivity contribution in [2.45, 2.75) is 51.4 Å². The first kappa shape index (κ1) is 22.4. The molecule has 3 atom stereocenters. The summed E-state index contributed by atoms with van der Waals surface area (Å²) < 4.78 is 0. The summed E-state index contributed by atoms with van der Waals surface area (Å²) in [5.41, 5.74) is 0.135. The maximum Gasteiger partial charge on any atom is 0.307 e. The monoisotopic (exact) mass is 406 g/mol. The van der Waals surface area contributed by atoms with Crippen molar-refractivity contribution >= 4 is 23.9 Å². The van der Waals surface area contributed by atoms with Crippen LogP contribution in [0, 0.1) is 17.3 Å². The molecule has 2 rings (SSSR count). The van der Waals surface area contributed by atoms with Crippen molar-refractivity contribution in [2.75, 3.05) is 0 Å². The van der Waals surface area contributed by atoms with Crippen LogP contribution in [-0.2, 0) is 24.6 Å². The number of carbonyl (C=O) groups is 4. The van der Waals surface area contributed by atoms with Crippen LogP contribution in [0.1, 0.15) is 57.1 Å². The Morgan fingerprint density at radius 1 is 0.897 bits per heavy atom. The quantitative estimate of drug-likeness (QED) is 0.489. The second kappa shape index (κ2) is 7.85. The molecule has 3 unspecified atom stereocenters. The summed E-state index contributed by atoms with van der Waals surface area (Å²) in [6.07, 6.45) is -1.43. The lowest BCUT2D eigenvalue weighted by Gasteiger charge is -2.29. The minimum atomic E-state index is -1.51. The summed E-state index contributed by atoms with van der Waals surface area (Å²) in [4.78, 5) is 46.3. The van der Waals surface area contributed by atoms with Gasteiger partial charge in [-0.15, -0.1) is 0 Å². The van der Waals surface area contributed by atoms with Gasteiger partial charge < -0.3 is 20.4 Å². The van der Waals surface area contributed by atoms with Crippen LogP contribution in [0.4, 0.5) is 0 Å². The summed E-state index contributed by atoms with van der Waals surface area (Å²) >= 11 is 0. The normalized spacial score (nSPS) is 23.1. The Hall–Kier alpha value is -2.90. The van der Waals surface area contributed by atoms with E-state index >= 15 is 0 Å². The van der Waals surface area contributed by atoms with Gasteiger partial charge in [-0.1, -0.05) is 45.0 Å². The number of hydrogen-bond donors (Lipinski definition) is 4. The lowest BCUT2D eigenvalue weighted by Crippen LogP contribution is -2.39. The molecule has 158 valence electrons. The van der Waals surface area contributed by atoms with Crippen molar-refractivity contribution in [2.24, 2.45) is 17.3 Å². The molecule has 0 spiro atoms. The third kappa shape index (κ3) is 4.58. The van der Waals surface area contributed by atoms with Crippen LogP contribution in [-0.4, -0.2) is 44.3 Å². The third-order valence-electron chi connectivity index (χ3n) is 5.88. The first-order chi connectivity index (χ1) is 13.3. The van der Waals surface area contributed by atoms with E-state index in [-0.39, 0.29) is 11.8 Å². The zero-order valence-corrected chi connectivity index (χ0v) is 16.6. The van der Waals surface area contributed by atoms with Crippen molar-refractivity contribution in [3.63, 3.8) is 0 Å². The van der Waals surface area contributed by atoms with Gasteiger partial charge in [0.25, 0.3) is 0 Å². The third-order valence-corrected chi connectivity index (χ3v) is 5.88. The van der Waals surface area contributed by atoms with Crippen molar-refractivity contribution in [1.82, 2.24) is 0 Å². The number of aliphatic carboxylic acids is 4. The Morgan fingerprint density at radius 2 is 1.31 bits per heavy atom. The summed E-state index contributed by atoms with van der Waals surface area (Å²) in [7, 11) is 0. The van der Waals surface area contributed by atoms with Crippen LogP contribution >= 0.6 is 0 Å². The van der Waals surface area contributed by atoms with Gasteiger partial charge in [-0.05, 0) is 28.9 Å². The van der Waals surface area contributed by atoms with E-state index in [2.05, 4.69) is 0 Å². The topological polar surface area (TPSA) is 149 Å². The van der Waals surface area contributed by atoms with Crippen molar-refractivity contribution in [3.05, 3.63) is 35.4 Å². The molecule has 8 nitrogen and oxygen atoms in total. The molecule has 1 fully saturated rings. The van der Waals surface area contributed by atoms with Crippen molar-refractivity contribution in [3.8, 4) is 0 Å². The summed E-state index contributed by atoms with van der Waals surface area (Å²) in [6.45, 7) is 6.10. The Labute approximate surface area is 168 Å². The fourth-order valence-electron chi connectivity index (χ4n) is 4.31. The summed E-state index contributed by atoms with van der Waals surface area (Å²) in [6, 6.07) is 7.31. The van der Waals surface area contributed by atoms with E-state index in [1.807, 2.05) is 32.9 Å². The highest BCUT2D eigenvalue weighted by Gasteiger charge is 2.67. The second-order valence-corrected chi connectivity index (χ2v) is 8.72. The van der Waals surface area contributed by atoms with Crippen molar-refractivity contribution in [1.29, 1.82) is 0 Å². The largest absolute Gasteiger partial charge is 0.481 e. The van der Waals surface area contributed by atoms with Gasteiger partial charge in [0.1, 0.15) is 0 Å². The lowest BCUT2D eigenvalue weighted by atomic mass is 9.72. The van der Waals surface area contributed by atoms with Gasteiger partial charge in [0.05, 0.1) is 24.7 Å². The van der Waals surface area contributed by atoms with Gasteiger partial charge in [-0.2, -0.15) is 0 Å². The molecule has 0 saturated heterocycles. The predicted octanol–water partition coefficient (Wildman–Crippen LogP) is 2.81.